The van der Waals surface area contributed by atoms with Gasteiger partial charge in [-0.05, 0) is 32.6 Å². The van der Waals surface area contributed by atoms with Crippen LogP contribution in [0.15, 0.2) is 9.31 Å². The molecule has 1 aromatic rings. The fourth-order valence-electron chi connectivity index (χ4n) is 2.52. The normalized spacial score (nSPS) is 16.9. The van der Waals surface area contributed by atoms with Crippen LogP contribution in [-0.4, -0.2) is 31.4 Å². The van der Waals surface area contributed by atoms with Gasteiger partial charge in [0.05, 0.1) is 6.61 Å². The molecule has 0 aromatic carbocycles. The summed E-state index contributed by atoms with van der Waals surface area (Å²) in [4.78, 5) is 0.134. The molecule has 1 N–H and O–H groups in total. The molecular formula is C13H21NO4S. The molecule has 1 aliphatic carbocycles. The minimum atomic E-state index is -3.58. The maximum atomic E-state index is 12.6. The number of hydrogen-bond acceptors (Lipinski definition) is 4. The lowest BCUT2D eigenvalue weighted by Gasteiger charge is -2.29. The fourth-order valence-corrected chi connectivity index (χ4v) is 4.17. The minimum Gasteiger partial charge on any atom is -0.465 e. The summed E-state index contributed by atoms with van der Waals surface area (Å²) in [6.45, 7) is 3.51. The quantitative estimate of drug-likeness (QED) is 0.896. The molecule has 0 unspecified atom stereocenters. The van der Waals surface area contributed by atoms with E-state index in [1.807, 2.05) is 0 Å². The Balaban J connectivity index is 2.32. The SMILES string of the molecule is Cc1oc(C)c(S(=O)(=O)N(C)CC2CCC2)c1CO. The van der Waals surface area contributed by atoms with Gasteiger partial charge in [0.25, 0.3) is 0 Å². The minimum absolute atomic E-state index is 0.134. The fraction of sp³-hybridized carbons (Fsp3) is 0.692. The zero-order valence-electron chi connectivity index (χ0n) is 11.6. The van der Waals surface area contributed by atoms with Crippen molar-refractivity contribution in [3.63, 3.8) is 0 Å². The van der Waals surface area contributed by atoms with Gasteiger partial charge in [-0.25, -0.2) is 12.7 Å². The monoisotopic (exact) mass is 287 g/mol. The van der Waals surface area contributed by atoms with Crippen LogP contribution in [-0.2, 0) is 16.6 Å². The molecule has 1 aliphatic rings. The lowest BCUT2D eigenvalue weighted by molar-refractivity contribution is 0.261. The topological polar surface area (TPSA) is 70.8 Å². The molecule has 1 saturated carbocycles. The van der Waals surface area contributed by atoms with E-state index in [4.69, 9.17) is 4.42 Å². The van der Waals surface area contributed by atoms with Crippen molar-refractivity contribution in [1.82, 2.24) is 4.31 Å². The molecule has 0 saturated heterocycles. The Bertz CT molecular complexity index is 557. The van der Waals surface area contributed by atoms with E-state index in [2.05, 4.69) is 0 Å². The highest BCUT2D eigenvalue weighted by molar-refractivity contribution is 7.89. The first-order valence-electron chi connectivity index (χ1n) is 6.54. The Morgan fingerprint density at radius 2 is 1.95 bits per heavy atom. The second kappa shape index (κ2) is 5.26. The van der Waals surface area contributed by atoms with Gasteiger partial charge in [0, 0.05) is 19.2 Å². The van der Waals surface area contributed by atoms with Crippen LogP contribution < -0.4 is 0 Å². The highest BCUT2D eigenvalue weighted by atomic mass is 32.2. The number of rotatable bonds is 5. The van der Waals surface area contributed by atoms with Gasteiger partial charge in [-0.2, -0.15) is 0 Å². The summed E-state index contributed by atoms with van der Waals surface area (Å²) in [5, 5.41) is 9.35. The number of furan rings is 1. The summed E-state index contributed by atoms with van der Waals surface area (Å²) in [6.07, 6.45) is 3.37. The lowest BCUT2D eigenvalue weighted by Crippen LogP contribution is -2.34. The average molecular weight is 287 g/mol. The van der Waals surface area contributed by atoms with Crippen molar-refractivity contribution in [2.45, 2.75) is 44.6 Å². The third kappa shape index (κ3) is 2.57. The van der Waals surface area contributed by atoms with E-state index in [1.165, 1.54) is 10.7 Å². The molecule has 1 heterocycles. The van der Waals surface area contributed by atoms with Crippen molar-refractivity contribution in [3.8, 4) is 0 Å². The van der Waals surface area contributed by atoms with Crippen molar-refractivity contribution in [1.29, 1.82) is 0 Å². The second-order valence-corrected chi connectivity index (χ2v) is 7.24. The predicted molar refractivity (Wildman–Crippen MR) is 71.3 cm³/mol. The van der Waals surface area contributed by atoms with Crippen LogP contribution in [0.3, 0.4) is 0 Å². The summed E-state index contributed by atoms with van der Waals surface area (Å²) < 4.78 is 31.9. The van der Waals surface area contributed by atoms with Gasteiger partial charge in [0.2, 0.25) is 10.0 Å². The van der Waals surface area contributed by atoms with Crippen LogP contribution in [0.2, 0.25) is 0 Å². The summed E-state index contributed by atoms with van der Waals surface area (Å²) >= 11 is 0. The summed E-state index contributed by atoms with van der Waals surface area (Å²) in [6, 6.07) is 0. The van der Waals surface area contributed by atoms with Crippen LogP contribution in [0.1, 0.15) is 36.3 Å². The molecule has 108 valence electrons. The Morgan fingerprint density at radius 1 is 1.32 bits per heavy atom. The van der Waals surface area contributed by atoms with Crippen molar-refractivity contribution in [2.24, 2.45) is 5.92 Å². The number of aliphatic hydroxyl groups is 1. The molecule has 1 aromatic heterocycles. The van der Waals surface area contributed by atoms with E-state index < -0.39 is 10.0 Å². The van der Waals surface area contributed by atoms with Gasteiger partial charge in [-0.3, -0.25) is 0 Å². The number of nitrogens with zero attached hydrogens (tertiary/aromatic N) is 1. The van der Waals surface area contributed by atoms with E-state index in [1.54, 1.807) is 20.9 Å². The Kier molecular flexibility index (Phi) is 4.03. The van der Waals surface area contributed by atoms with Gasteiger partial charge in [-0.1, -0.05) is 6.42 Å². The number of aliphatic hydroxyl groups excluding tert-OH is 1. The molecule has 0 aliphatic heterocycles. The molecule has 6 heteroatoms. The third-order valence-corrected chi connectivity index (χ3v) is 5.91. The van der Waals surface area contributed by atoms with Crippen molar-refractivity contribution >= 4 is 10.0 Å². The van der Waals surface area contributed by atoms with Crippen molar-refractivity contribution in [2.75, 3.05) is 13.6 Å². The van der Waals surface area contributed by atoms with Gasteiger partial charge < -0.3 is 9.52 Å². The van der Waals surface area contributed by atoms with Crippen LogP contribution >= 0.6 is 0 Å². The van der Waals surface area contributed by atoms with E-state index in [0.29, 0.717) is 29.5 Å². The highest BCUT2D eigenvalue weighted by Crippen LogP contribution is 2.32. The highest BCUT2D eigenvalue weighted by Gasteiger charge is 2.32. The molecule has 0 spiro atoms. The Labute approximate surface area is 114 Å². The summed E-state index contributed by atoms with van der Waals surface area (Å²) in [5.74, 6) is 1.28. The van der Waals surface area contributed by atoms with E-state index >= 15 is 0 Å². The van der Waals surface area contributed by atoms with Crippen LogP contribution in [0.4, 0.5) is 0 Å². The standard InChI is InChI=1S/C13H21NO4S/c1-9-12(8-15)13(10(2)18-9)19(16,17)14(3)7-11-5-4-6-11/h11,15H,4-8H2,1-3H3. The molecule has 19 heavy (non-hydrogen) atoms. The molecular weight excluding hydrogens is 266 g/mol. The molecule has 0 atom stereocenters. The maximum Gasteiger partial charge on any atom is 0.246 e. The first kappa shape index (κ1) is 14.6. The third-order valence-electron chi connectivity index (χ3n) is 3.89. The van der Waals surface area contributed by atoms with E-state index in [-0.39, 0.29) is 11.5 Å². The zero-order valence-corrected chi connectivity index (χ0v) is 12.5. The molecule has 1 fully saturated rings. The summed E-state index contributed by atoms with van der Waals surface area (Å²) in [7, 11) is -1.99. The van der Waals surface area contributed by atoms with Crippen LogP contribution in [0.25, 0.3) is 0 Å². The van der Waals surface area contributed by atoms with Gasteiger partial charge >= 0.3 is 0 Å². The molecule has 2 rings (SSSR count). The molecule has 0 radical (unpaired) electrons. The Morgan fingerprint density at radius 3 is 2.42 bits per heavy atom. The van der Waals surface area contributed by atoms with Crippen molar-refractivity contribution in [3.05, 3.63) is 17.1 Å². The van der Waals surface area contributed by atoms with E-state index in [9.17, 15) is 13.5 Å². The lowest BCUT2D eigenvalue weighted by atomic mass is 9.86. The van der Waals surface area contributed by atoms with E-state index in [0.717, 1.165) is 12.8 Å². The number of sulfonamides is 1. The Hall–Kier alpha value is -0.850. The first-order valence-corrected chi connectivity index (χ1v) is 7.98. The largest absolute Gasteiger partial charge is 0.465 e. The number of aryl methyl sites for hydroxylation is 2. The average Bonchev–Trinajstić information content (AvgIpc) is 2.58. The smallest absolute Gasteiger partial charge is 0.246 e. The van der Waals surface area contributed by atoms with Gasteiger partial charge in [0.15, 0.2) is 0 Å². The second-order valence-electron chi connectivity index (χ2n) is 5.26. The molecule has 0 amide bonds. The number of hydrogen-bond donors (Lipinski definition) is 1. The molecule has 0 bridgehead atoms. The maximum absolute atomic E-state index is 12.6. The van der Waals surface area contributed by atoms with Crippen LogP contribution in [0, 0.1) is 19.8 Å². The summed E-state index contributed by atoms with van der Waals surface area (Å²) in [5.41, 5.74) is 0.373. The molecule has 5 nitrogen and oxygen atoms in total. The van der Waals surface area contributed by atoms with Crippen molar-refractivity contribution < 1.29 is 17.9 Å². The van der Waals surface area contributed by atoms with Gasteiger partial charge in [0.1, 0.15) is 16.4 Å². The predicted octanol–water partition coefficient (Wildman–Crippen LogP) is 1.81. The van der Waals surface area contributed by atoms with Gasteiger partial charge in [-0.15, -0.1) is 0 Å². The first-order chi connectivity index (χ1) is 8.87. The zero-order chi connectivity index (χ0) is 14.2. The van der Waals surface area contributed by atoms with Crippen LogP contribution in [0.5, 0.6) is 0 Å².